The fourth-order valence-corrected chi connectivity index (χ4v) is 1.56. The summed E-state index contributed by atoms with van der Waals surface area (Å²) in [6.45, 7) is 0. The summed E-state index contributed by atoms with van der Waals surface area (Å²) in [6.07, 6.45) is 0. The molecule has 0 aliphatic rings. The van der Waals surface area contributed by atoms with Crippen molar-refractivity contribution in [2.24, 2.45) is 0 Å². The fraction of sp³-hybridized carbons (Fsp3) is 0.0714. The lowest BCUT2D eigenvalue weighted by molar-refractivity contribution is 0.409. The smallest absolute Gasteiger partial charge is 0.144 e. The first kappa shape index (κ1) is 12.7. The van der Waals surface area contributed by atoms with E-state index in [1.807, 2.05) is 0 Å². The normalized spacial score (nSPS) is 9.74. The lowest BCUT2D eigenvalue weighted by atomic mass is 10.2. The molecular weight excluding hydrogens is 247 g/mol. The maximum absolute atomic E-state index is 13.4. The van der Waals surface area contributed by atoms with Crippen LogP contribution in [0.1, 0.15) is 5.56 Å². The van der Waals surface area contributed by atoms with Gasteiger partial charge in [-0.05, 0) is 12.1 Å². The number of nitrogen functional groups attached to an aromatic ring is 1. The van der Waals surface area contributed by atoms with Crippen LogP contribution in [-0.4, -0.2) is 7.11 Å². The number of benzene rings is 2. The Bertz CT molecular complexity index is 650. The molecule has 4 nitrogen and oxygen atoms in total. The minimum Gasteiger partial charge on any atom is -0.497 e. The van der Waals surface area contributed by atoms with Crippen LogP contribution < -0.4 is 15.2 Å². The van der Waals surface area contributed by atoms with E-state index >= 15 is 0 Å². The zero-order valence-corrected chi connectivity index (χ0v) is 10.2. The predicted octanol–water partition coefficient (Wildman–Crippen LogP) is 3.08. The van der Waals surface area contributed by atoms with Crippen molar-refractivity contribution >= 4 is 5.69 Å². The van der Waals surface area contributed by atoms with E-state index in [1.165, 1.54) is 19.2 Å². The SMILES string of the molecule is COc1cc(N)cc(Oc2ccc(C#N)c(F)c2)c1. The number of ether oxygens (including phenoxy) is 2. The van der Waals surface area contributed by atoms with Crippen LogP contribution >= 0.6 is 0 Å². The third kappa shape index (κ3) is 2.93. The molecule has 0 saturated carbocycles. The van der Waals surface area contributed by atoms with E-state index in [9.17, 15) is 4.39 Å². The standard InChI is InChI=1S/C14H11FN2O2/c1-18-12-4-10(17)5-13(6-12)19-11-3-2-9(8-16)14(15)7-11/h2-7H,17H2,1H3. The summed E-state index contributed by atoms with van der Waals surface area (Å²) in [5.41, 5.74) is 6.13. The molecule has 19 heavy (non-hydrogen) atoms. The van der Waals surface area contributed by atoms with Gasteiger partial charge in [0.2, 0.25) is 0 Å². The molecule has 0 bridgehead atoms. The summed E-state index contributed by atoms with van der Waals surface area (Å²) in [7, 11) is 1.51. The van der Waals surface area contributed by atoms with Crippen molar-refractivity contribution in [2.75, 3.05) is 12.8 Å². The van der Waals surface area contributed by atoms with Gasteiger partial charge < -0.3 is 15.2 Å². The maximum atomic E-state index is 13.4. The summed E-state index contributed by atoms with van der Waals surface area (Å²) < 4.78 is 24.0. The zero-order chi connectivity index (χ0) is 13.8. The average molecular weight is 258 g/mol. The van der Waals surface area contributed by atoms with E-state index < -0.39 is 5.82 Å². The Morgan fingerprint density at radius 3 is 2.47 bits per heavy atom. The quantitative estimate of drug-likeness (QED) is 0.859. The molecule has 96 valence electrons. The molecule has 5 heteroatoms. The number of hydrogen-bond donors (Lipinski definition) is 1. The van der Waals surface area contributed by atoms with Gasteiger partial charge in [0.25, 0.3) is 0 Å². The summed E-state index contributed by atoms with van der Waals surface area (Å²) in [4.78, 5) is 0. The van der Waals surface area contributed by atoms with E-state index in [2.05, 4.69) is 0 Å². The highest BCUT2D eigenvalue weighted by Crippen LogP contribution is 2.29. The van der Waals surface area contributed by atoms with Crippen LogP contribution in [0.2, 0.25) is 0 Å². The van der Waals surface area contributed by atoms with E-state index in [0.717, 1.165) is 6.07 Å². The van der Waals surface area contributed by atoms with Crippen molar-refractivity contribution < 1.29 is 13.9 Å². The number of hydrogen-bond acceptors (Lipinski definition) is 4. The number of rotatable bonds is 3. The highest BCUT2D eigenvalue weighted by molar-refractivity contribution is 5.51. The van der Waals surface area contributed by atoms with Gasteiger partial charge in [0, 0.05) is 30.0 Å². The van der Waals surface area contributed by atoms with Gasteiger partial charge in [0.1, 0.15) is 29.1 Å². The van der Waals surface area contributed by atoms with Crippen molar-refractivity contribution in [1.29, 1.82) is 5.26 Å². The van der Waals surface area contributed by atoms with Crippen LogP contribution in [0.25, 0.3) is 0 Å². The Hall–Kier alpha value is -2.74. The fourth-order valence-electron chi connectivity index (χ4n) is 1.56. The lowest BCUT2D eigenvalue weighted by Crippen LogP contribution is -1.92. The molecule has 0 fully saturated rings. The molecule has 0 spiro atoms. The number of nitriles is 1. The molecule has 0 unspecified atom stereocenters. The Morgan fingerprint density at radius 1 is 1.11 bits per heavy atom. The number of halogens is 1. The molecular formula is C14H11FN2O2. The van der Waals surface area contributed by atoms with Crippen LogP contribution in [0, 0.1) is 17.1 Å². The van der Waals surface area contributed by atoms with Crippen LogP contribution in [0.15, 0.2) is 36.4 Å². The number of methoxy groups -OCH3 is 1. The molecule has 0 aliphatic carbocycles. The van der Waals surface area contributed by atoms with Crippen molar-refractivity contribution in [3.63, 3.8) is 0 Å². The van der Waals surface area contributed by atoms with E-state index in [0.29, 0.717) is 17.2 Å². The van der Waals surface area contributed by atoms with E-state index in [4.69, 9.17) is 20.5 Å². The van der Waals surface area contributed by atoms with Gasteiger partial charge in [-0.25, -0.2) is 4.39 Å². The minimum absolute atomic E-state index is 0.0301. The first-order chi connectivity index (χ1) is 9.12. The summed E-state index contributed by atoms with van der Waals surface area (Å²) in [5.74, 6) is 0.630. The summed E-state index contributed by atoms with van der Waals surface area (Å²) in [6, 6.07) is 10.6. The summed E-state index contributed by atoms with van der Waals surface area (Å²) in [5, 5.41) is 8.64. The highest BCUT2D eigenvalue weighted by atomic mass is 19.1. The van der Waals surface area contributed by atoms with E-state index in [1.54, 1.807) is 24.3 Å². The van der Waals surface area contributed by atoms with Crippen molar-refractivity contribution in [3.05, 3.63) is 47.8 Å². The Morgan fingerprint density at radius 2 is 1.84 bits per heavy atom. The van der Waals surface area contributed by atoms with Crippen LogP contribution in [0.5, 0.6) is 17.2 Å². The van der Waals surface area contributed by atoms with Crippen LogP contribution in [-0.2, 0) is 0 Å². The number of anilines is 1. The van der Waals surface area contributed by atoms with Gasteiger partial charge in [0.05, 0.1) is 12.7 Å². The zero-order valence-electron chi connectivity index (χ0n) is 10.2. The first-order valence-electron chi connectivity index (χ1n) is 5.44. The second-order valence-corrected chi connectivity index (χ2v) is 3.80. The van der Waals surface area contributed by atoms with Crippen molar-refractivity contribution in [3.8, 4) is 23.3 Å². The van der Waals surface area contributed by atoms with Gasteiger partial charge >= 0.3 is 0 Å². The monoisotopic (exact) mass is 258 g/mol. The molecule has 0 saturated heterocycles. The van der Waals surface area contributed by atoms with Gasteiger partial charge in [-0.2, -0.15) is 5.26 Å². The Kier molecular flexibility index (Phi) is 3.53. The molecule has 0 aliphatic heterocycles. The largest absolute Gasteiger partial charge is 0.497 e. The molecule has 2 rings (SSSR count). The number of nitrogens with two attached hydrogens (primary N) is 1. The molecule has 0 radical (unpaired) electrons. The van der Waals surface area contributed by atoms with Crippen LogP contribution in [0.4, 0.5) is 10.1 Å². The molecule has 0 heterocycles. The molecule has 0 amide bonds. The molecule has 2 aromatic rings. The number of nitrogens with zero attached hydrogens (tertiary/aromatic N) is 1. The predicted molar refractivity (Wildman–Crippen MR) is 68.6 cm³/mol. The van der Waals surface area contributed by atoms with E-state index in [-0.39, 0.29) is 11.3 Å². The Labute approximate surface area is 109 Å². The second kappa shape index (κ2) is 5.27. The molecule has 2 aromatic carbocycles. The minimum atomic E-state index is -0.629. The third-order valence-electron chi connectivity index (χ3n) is 2.43. The van der Waals surface area contributed by atoms with Crippen molar-refractivity contribution in [1.82, 2.24) is 0 Å². The van der Waals surface area contributed by atoms with Crippen LogP contribution in [0.3, 0.4) is 0 Å². The summed E-state index contributed by atoms with van der Waals surface area (Å²) >= 11 is 0. The van der Waals surface area contributed by atoms with Gasteiger partial charge in [-0.3, -0.25) is 0 Å². The molecule has 0 aromatic heterocycles. The average Bonchev–Trinajstić information content (AvgIpc) is 2.38. The molecule has 0 atom stereocenters. The molecule has 2 N–H and O–H groups in total. The van der Waals surface area contributed by atoms with Crippen molar-refractivity contribution in [2.45, 2.75) is 0 Å². The van der Waals surface area contributed by atoms with Gasteiger partial charge in [0.15, 0.2) is 0 Å². The maximum Gasteiger partial charge on any atom is 0.144 e. The Balaban J connectivity index is 2.28. The van der Waals surface area contributed by atoms with Gasteiger partial charge in [-0.1, -0.05) is 0 Å². The van der Waals surface area contributed by atoms with Gasteiger partial charge in [-0.15, -0.1) is 0 Å². The lowest BCUT2D eigenvalue weighted by Gasteiger charge is -2.09. The first-order valence-corrected chi connectivity index (χ1v) is 5.44. The highest BCUT2D eigenvalue weighted by Gasteiger charge is 2.06. The second-order valence-electron chi connectivity index (χ2n) is 3.80. The topological polar surface area (TPSA) is 68.3 Å². The third-order valence-corrected chi connectivity index (χ3v) is 2.43.